The number of aromatic nitrogens is 2. The van der Waals surface area contributed by atoms with Crippen LogP contribution in [0.3, 0.4) is 0 Å². The fraction of sp³-hybridized carbons (Fsp3) is 0.577. The Morgan fingerprint density at radius 2 is 1.59 bits per heavy atom. The molecule has 0 amide bonds. The first-order valence-corrected chi connectivity index (χ1v) is 13.1. The summed E-state index contributed by atoms with van der Waals surface area (Å²) in [7, 11) is 0. The van der Waals surface area contributed by atoms with E-state index in [4.69, 9.17) is 22.2 Å². The van der Waals surface area contributed by atoms with Gasteiger partial charge in [0, 0.05) is 38.8 Å². The number of piperidine rings is 2. The molecule has 6 nitrogen and oxygen atoms in total. The number of hydrogen-bond donors (Lipinski definition) is 2. The van der Waals surface area contributed by atoms with Crippen LogP contribution < -0.4 is 20.4 Å². The van der Waals surface area contributed by atoms with Crippen LogP contribution in [0.5, 0.6) is 0 Å². The number of anilines is 3. The van der Waals surface area contributed by atoms with Crippen LogP contribution in [0.4, 0.5) is 22.0 Å². The Morgan fingerprint density at radius 1 is 1.00 bits per heavy atom. The quantitative estimate of drug-likeness (QED) is 0.423. The molecule has 2 fully saturated rings. The summed E-state index contributed by atoms with van der Waals surface area (Å²) in [4.78, 5) is 14.5. The Balaban J connectivity index is 1.39. The molecule has 34 heavy (non-hydrogen) atoms. The van der Waals surface area contributed by atoms with Gasteiger partial charge in [0.2, 0.25) is 5.95 Å². The first-order chi connectivity index (χ1) is 16.5. The normalized spacial score (nSPS) is 20.8. The zero-order chi connectivity index (χ0) is 23.9. The summed E-state index contributed by atoms with van der Waals surface area (Å²) in [6, 6.07) is 8.82. The van der Waals surface area contributed by atoms with Crippen LogP contribution in [0.2, 0.25) is 0 Å². The van der Waals surface area contributed by atoms with Gasteiger partial charge in [-0.15, -0.1) is 0 Å². The summed E-state index contributed by atoms with van der Waals surface area (Å²) in [6.07, 6.45) is 6.70. The van der Waals surface area contributed by atoms with Crippen molar-refractivity contribution in [3.05, 3.63) is 41.7 Å². The molecule has 2 saturated heterocycles. The third-order valence-corrected chi connectivity index (χ3v) is 6.97. The van der Waals surface area contributed by atoms with Gasteiger partial charge in [0.05, 0.1) is 0 Å². The standard InChI is InChI=1S/C26H37FN6S/c1-19-6-4-14-32(17-19)23-16-24(33-15-5-7-20(2)18-33)30-25(29-23)31-26(34)28-13-3-8-21-9-11-22(27)12-10-21/h9-12,16,19-20H,3-8,13-15,17-18H2,1-2H3,(H2,28,29,30,31,34)/t19-,20-/m0/s1. The van der Waals surface area contributed by atoms with Crippen LogP contribution in [0, 0.1) is 17.7 Å². The Bertz CT molecular complexity index is 913. The summed E-state index contributed by atoms with van der Waals surface area (Å²) in [6.45, 7) is 9.46. The van der Waals surface area contributed by atoms with E-state index in [0.29, 0.717) is 22.9 Å². The van der Waals surface area contributed by atoms with Crippen molar-refractivity contribution >= 4 is 34.9 Å². The van der Waals surface area contributed by atoms with E-state index in [1.54, 1.807) is 0 Å². The molecule has 0 spiro atoms. The number of aryl methyl sites for hydroxylation is 1. The van der Waals surface area contributed by atoms with Crippen molar-refractivity contribution in [3.63, 3.8) is 0 Å². The number of benzene rings is 1. The van der Waals surface area contributed by atoms with Gasteiger partial charge in [0.15, 0.2) is 5.11 Å². The van der Waals surface area contributed by atoms with E-state index in [1.165, 1.54) is 37.8 Å². The number of nitrogens with zero attached hydrogens (tertiary/aromatic N) is 4. The van der Waals surface area contributed by atoms with Crippen molar-refractivity contribution < 1.29 is 4.39 Å². The molecule has 2 aliphatic heterocycles. The predicted molar refractivity (Wildman–Crippen MR) is 142 cm³/mol. The Labute approximate surface area is 208 Å². The first kappa shape index (κ1) is 24.6. The van der Waals surface area contributed by atoms with Crippen LogP contribution in [-0.4, -0.2) is 47.8 Å². The summed E-state index contributed by atoms with van der Waals surface area (Å²) in [5.74, 6) is 3.66. The molecule has 2 N–H and O–H groups in total. The molecular formula is C26H37FN6S. The Kier molecular flexibility index (Phi) is 8.53. The van der Waals surface area contributed by atoms with Crippen LogP contribution >= 0.6 is 12.2 Å². The number of halogens is 1. The van der Waals surface area contributed by atoms with E-state index in [-0.39, 0.29) is 5.82 Å². The zero-order valence-corrected chi connectivity index (χ0v) is 21.2. The van der Waals surface area contributed by atoms with Gasteiger partial charge in [-0.3, -0.25) is 0 Å². The van der Waals surface area contributed by atoms with Gasteiger partial charge >= 0.3 is 0 Å². The highest BCUT2D eigenvalue weighted by Crippen LogP contribution is 2.28. The van der Waals surface area contributed by atoms with Gasteiger partial charge in [0.25, 0.3) is 0 Å². The van der Waals surface area contributed by atoms with E-state index in [0.717, 1.165) is 62.8 Å². The number of hydrogen-bond acceptors (Lipinski definition) is 5. The SMILES string of the molecule is C[C@H]1CCCN(c2cc(N3CCC[C@H](C)C3)nc(NC(=S)NCCCc3ccc(F)cc3)n2)C1. The summed E-state index contributed by atoms with van der Waals surface area (Å²) in [5, 5.41) is 7.02. The van der Waals surface area contributed by atoms with Crippen LogP contribution in [0.15, 0.2) is 30.3 Å². The molecule has 0 saturated carbocycles. The van der Waals surface area contributed by atoms with Gasteiger partial charge in [0.1, 0.15) is 17.5 Å². The van der Waals surface area contributed by atoms with E-state index in [9.17, 15) is 4.39 Å². The molecule has 2 atom stereocenters. The zero-order valence-electron chi connectivity index (χ0n) is 20.4. The lowest BCUT2D eigenvalue weighted by molar-refractivity contribution is 0.441. The second-order valence-corrected chi connectivity index (χ2v) is 10.3. The van der Waals surface area contributed by atoms with Crippen molar-refractivity contribution in [1.82, 2.24) is 15.3 Å². The van der Waals surface area contributed by atoms with Gasteiger partial charge in [-0.05, 0) is 80.3 Å². The third-order valence-electron chi connectivity index (χ3n) is 6.73. The molecular weight excluding hydrogens is 447 g/mol. The van der Waals surface area contributed by atoms with Gasteiger partial charge in [-0.1, -0.05) is 26.0 Å². The molecule has 1 aromatic carbocycles. The smallest absolute Gasteiger partial charge is 0.232 e. The second-order valence-electron chi connectivity index (χ2n) is 9.91. The van der Waals surface area contributed by atoms with Crippen LogP contribution in [-0.2, 0) is 6.42 Å². The molecule has 184 valence electrons. The first-order valence-electron chi connectivity index (χ1n) is 12.6. The number of thiocarbonyl (C=S) groups is 1. The predicted octanol–water partition coefficient (Wildman–Crippen LogP) is 5.01. The summed E-state index contributed by atoms with van der Waals surface area (Å²) in [5.41, 5.74) is 1.12. The minimum atomic E-state index is -0.202. The molecule has 0 aliphatic carbocycles. The molecule has 1 aromatic heterocycles. The molecule has 4 rings (SSSR count). The minimum absolute atomic E-state index is 0.202. The highest BCUT2D eigenvalue weighted by Gasteiger charge is 2.23. The van der Waals surface area contributed by atoms with Crippen molar-refractivity contribution in [2.75, 3.05) is 47.8 Å². The molecule has 2 aromatic rings. The largest absolute Gasteiger partial charge is 0.362 e. The molecule has 0 bridgehead atoms. The highest BCUT2D eigenvalue weighted by molar-refractivity contribution is 7.80. The van der Waals surface area contributed by atoms with E-state index in [1.807, 2.05) is 12.1 Å². The van der Waals surface area contributed by atoms with E-state index < -0.39 is 0 Å². The van der Waals surface area contributed by atoms with Crippen molar-refractivity contribution in [1.29, 1.82) is 0 Å². The maximum absolute atomic E-state index is 13.1. The summed E-state index contributed by atoms with van der Waals surface area (Å²) < 4.78 is 13.1. The van der Waals surface area contributed by atoms with E-state index >= 15 is 0 Å². The van der Waals surface area contributed by atoms with Gasteiger partial charge in [-0.2, -0.15) is 9.97 Å². The fourth-order valence-corrected chi connectivity index (χ4v) is 5.08. The van der Waals surface area contributed by atoms with Crippen LogP contribution in [0.1, 0.15) is 51.5 Å². The average Bonchev–Trinajstić information content (AvgIpc) is 2.83. The van der Waals surface area contributed by atoms with Gasteiger partial charge < -0.3 is 20.4 Å². The van der Waals surface area contributed by atoms with Crippen LogP contribution in [0.25, 0.3) is 0 Å². The lowest BCUT2D eigenvalue weighted by Crippen LogP contribution is -2.37. The average molecular weight is 485 g/mol. The third kappa shape index (κ3) is 7.01. The van der Waals surface area contributed by atoms with E-state index in [2.05, 4.69) is 40.3 Å². The monoisotopic (exact) mass is 484 g/mol. The topological polar surface area (TPSA) is 56.3 Å². The molecule has 0 unspecified atom stereocenters. The number of nitrogens with one attached hydrogen (secondary N) is 2. The molecule has 3 heterocycles. The fourth-order valence-electron chi connectivity index (χ4n) is 4.89. The lowest BCUT2D eigenvalue weighted by Gasteiger charge is -2.35. The Morgan fingerprint density at radius 3 is 2.15 bits per heavy atom. The maximum Gasteiger partial charge on any atom is 0.232 e. The molecule has 0 radical (unpaired) electrons. The van der Waals surface area contributed by atoms with Crippen molar-refractivity contribution in [2.45, 2.75) is 52.4 Å². The Hall–Kier alpha value is -2.48. The molecule has 8 heteroatoms. The number of rotatable bonds is 7. The highest BCUT2D eigenvalue weighted by atomic mass is 32.1. The second kappa shape index (κ2) is 11.8. The maximum atomic E-state index is 13.1. The van der Waals surface area contributed by atoms with Crippen molar-refractivity contribution in [3.8, 4) is 0 Å². The summed E-state index contributed by atoms with van der Waals surface area (Å²) >= 11 is 5.54. The minimum Gasteiger partial charge on any atom is -0.362 e. The lowest BCUT2D eigenvalue weighted by atomic mass is 10.00. The molecule has 2 aliphatic rings. The van der Waals surface area contributed by atoms with Gasteiger partial charge in [-0.25, -0.2) is 4.39 Å². The van der Waals surface area contributed by atoms with Crippen molar-refractivity contribution in [2.24, 2.45) is 11.8 Å².